The molecule has 12 aromatic rings. The van der Waals surface area contributed by atoms with Gasteiger partial charge in [-0.15, -0.1) is 34.0 Å². The van der Waals surface area contributed by atoms with E-state index in [1.807, 2.05) is 108 Å². The van der Waals surface area contributed by atoms with Crippen molar-refractivity contribution in [1.82, 2.24) is 45.6 Å². The lowest BCUT2D eigenvalue weighted by atomic mass is 9.87. The van der Waals surface area contributed by atoms with Gasteiger partial charge in [0.15, 0.2) is 46.0 Å². The summed E-state index contributed by atoms with van der Waals surface area (Å²) in [7, 11) is 8.30. The smallest absolute Gasteiger partial charge is 0.271 e. The first-order valence-corrected chi connectivity index (χ1v) is 44.6. The highest BCUT2D eigenvalue weighted by Crippen LogP contribution is 2.38. The lowest BCUT2D eigenvalue weighted by Crippen LogP contribution is -2.26. The van der Waals surface area contributed by atoms with Gasteiger partial charge in [0.25, 0.3) is 11.8 Å². The third-order valence-corrected chi connectivity index (χ3v) is 24.2. The molecule has 2 amide bonds. The summed E-state index contributed by atoms with van der Waals surface area (Å²) >= 11 is 4.66. The third-order valence-electron chi connectivity index (χ3n) is 21.7. The van der Waals surface area contributed by atoms with Crippen LogP contribution in [0.1, 0.15) is 170 Å². The number of ether oxygens (including phenoxy) is 11. The highest BCUT2D eigenvalue weighted by molar-refractivity contribution is 7.10. The SMILES string of the molecule is C=C(NC(C)c1ccccc1)c1csc(CN(Cc2ccc3c(c2)OCO3)Cc2ccc(OC)cc2OC)n1.CCc1ccc(CCN(Cc2ccc(C(C)(C)C)cc2)Cc2nc(C(=O)NCc3ccc4c(c3)OCO4)cs2)cc1OC.COc1ccc(CCNC(=O)c2csc(CN(Cc3ccc(C(C)(C)C)cc3)Cc3ccc4c(c3)OCO4)n2)cc1OC. The number of benzene rings is 9. The first-order valence-electron chi connectivity index (χ1n) is 41.9. The van der Waals surface area contributed by atoms with E-state index in [1.54, 1.807) is 46.9 Å². The number of carbonyl (C=O) groups is 2. The summed E-state index contributed by atoms with van der Waals surface area (Å²) in [5, 5.41) is 18.0. The van der Waals surface area contributed by atoms with Crippen LogP contribution >= 0.6 is 34.0 Å². The molecule has 9 aromatic carbocycles. The van der Waals surface area contributed by atoms with E-state index in [1.165, 1.54) is 61.6 Å². The maximum atomic E-state index is 12.9. The minimum absolute atomic E-state index is 0.101. The minimum atomic E-state index is -0.187. The first kappa shape index (κ1) is 90.7. The van der Waals surface area contributed by atoms with Gasteiger partial charge >= 0.3 is 0 Å². The lowest BCUT2D eigenvalue weighted by molar-refractivity contribution is 0.0939. The second-order valence-electron chi connectivity index (χ2n) is 32.9. The van der Waals surface area contributed by atoms with Crippen molar-refractivity contribution in [1.29, 1.82) is 0 Å². The maximum Gasteiger partial charge on any atom is 0.271 e. The summed E-state index contributed by atoms with van der Waals surface area (Å²) in [5.41, 5.74) is 16.8. The number of rotatable bonds is 36. The largest absolute Gasteiger partial charge is 0.497 e. The summed E-state index contributed by atoms with van der Waals surface area (Å²) < 4.78 is 60.4. The molecule has 3 N–H and O–H groups in total. The average molecular weight is 1750 g/mol. The van der Waals surface area contributed by atoms with Crippen molar-refractivity contribution in [2.75, 3.05) is 69.0 Å². The van der Waals surface area contributed by atoms with E-state index in [9.17, 15) is 9.59 Å². The fraction of sp³-hybridized carbons (Fsp3) is 0.330. The normalized spacial score (nSPS) is 12.6. The Morgan fingerprint density at radius 2 is 0.856 bits per heavy atom. The molecule has 15 rings (SSSR count). The lowest BCUT2D eigenvalue weighted by Gasteiger charge is -2.23. The van der Waals surface area contributed by atoms with Gasteiger partial charge in [-0.05, 0) is 159 Å². The van der Waals surface area contributed by atoms with Crippen LogP contribution in [0.2, 0.25) is 0 Å². The summed E-state index contributed by atoms with van der Waals surface area (Å²) in [6, 6.07) is 64.3. The molecule has 25 heteroatoms. The highest BCUT2D eigenvalue weighted by Gasteiger charge is 2.25. The van der Waals surface area contributed by atoms with Gasteiger partial charge in [-0.25, -0.2) is 15.0 Å². The molecule has 654 valence electrons. The zero-order valence-corrected chi connectivity index (χ0v) is 76.1. The Balaban J connectivity index is 0.000000161. The van der Waals surface area contributed by atoms with Gasteiger partial charge in [0, 0.05) is 86.2 Å². The van der Waals surface area contributed by atoms with E-state index in [0.717, 1.165) is 133 Å². The van der Waals surface area contributed by atoms with Gasteiger partial charge in [0.2, 0.25) is 20.4 Å². The van der Waals surface area contributed by atoms with Crippen LogP contribution in [0.5, 0.6) is 63.2 Å². The van der Waals surface area contributed by atoms with E-state index in [-0.39, 0.29) is 49.1 Å². The van der Waals surface area contributed by atoms with Crippen LogP contribution in [0.25, 0.3) is 5.70 Å². The summed E-state index contributed by atoms with van der Waals surface area (Å²) in [6.07, 6.45) is 2.49. The quantitative estimate of drug-likeness (QED) is 0.0332. The highest BCUT2D eigenvalue weighted by atomic mass is 32.1. The Morgan fingerprint density at radius 3 is 1.39 bits per heavy atom. The average Bonchev–Trinajstić information content (AvgIpc) is 1.76. The van der Waals surface area contributed by atoms with Gasteiger partial charge in [-0.1, -0.05) is 176 Å². The van der Waals surface area contributed by atoms with E-state index < -0.39 is 0 Å². The summed E-state index contributed by atoms with van der Waals surface area (Å²) in [4.78, 5) is 47.3. The summed E-state index contributed by atoms with van der Waals surface area (Å²) in [5.74, 6) is 8.02. The minimum Gasteiger partial charge on any atom is -0.497 e. The number of hydrogen-bond acceptors (Lipinski definition) is 23. The van der Waals surface area contributed by atoms with E-state index in [0.29, 0.717) is 87.4 Å². The molecule has 0 saturated heterocycles. The molecule has 6 heterocycles. The molecule has 1 atom stereocenters. The van der Waals surface area contributed by atoms with E-state index in [4.69, 9.17) is 67.1 Å². The Labute approximate surface area is 746 Å². The van der Waals surface area contributed by atoms with Gasteiger partial charge in [0.05, 0.1) is 66.6 Å². The van der Waals surface area contributed by atoms with Gasteiger partial charge in [-0.2, -0.15) is 0 Å². The fourth-order valence-electron chi connectivity index (χ4n) is 14.6. The number of thiazole rings is 3. The molecule has 1 unspecified atom stereocenters. The molecule has 0 saturated carbocycles. The van der Waals surface area contributed by atoms with Crippen molar-refractivity contribution in [3.63, 3.8) is 0 Å². The fourth-order valence-corrected chi connectivity index (χ4v) is 17.1. The van der Waals surface area contributed by atoms with Crippen LogP contribution in [0.15, 0.2) is 211 Å². The maximum absolute atomic E-state index is 12.9. The van der Waals surface area contributed by atoms with Gasteiger partial charge in [-0.3, -0.25) is 24.3 Å². The van der Waals surface area contributed by atoms with Gasteiger partial charge in [0.1, 0.15) is 43.7 Å². The van der Waals surface area contributed by atoms with E-state index >= 15 is 0 Å². The molecule has 125 heavy (non-hydrogen) atoms. The molecule has 0 fully saturated rings. The molecule has 0 aliphatic carbocycles. The van der Waals surface area contributed by atoms with E-state index in [2.05, 4.69) is 189 Å². The number of hydrogen-bond donors (Lipinski definition) is 3. The van der Waals surface area contributed by atoms with Crippen LogP contribution in [0, 0.1) is 0 Å². The predicted molar refractivity (Wildman–Crippen MR) is 494 cm³/mol. The molecular weight excluding hydrogens is 1630 g/mol. The third kappa shape index (κ3) is 25.4. The zero-order chi connectivity index (χ0) is 88.0. The molecule has 3 aliphatic heterocycles. The van der Waals surface area contributed by atoms with Gasteiger partial charge < -0.3 is 68.1 Å². The molecule has 3 aromatic heterocycles. The number of carbonyl (C=O) groups excluding carboxylic acids is 2. The van der Waals surface area contributed by atoms with Crippen LogP contribution < -0.4 is 68.1 Å². The molecule has 0 radical (unpaired) electrons. The first-order chi connectivity index (χ1) is 60.4. The number of nitrogens with one attached hydrogen (secondary N) is 3. The molecule has 3 aliphatic rings. The summed E-state index contributed by atoms with van der Waals surface area (Å²) in [6.45, 7) is 29.9. The Bertz CT molecular complexity index is 5590. The molecule has 0 spiro atoms. The second kappa shape index (κ2) is 43.1. The number of aryl methyl sites for hydroxylation is 1. The Hall–Kier alpha value is -12.0. The zero-order valence-electron chi connectivity index (χ0n) is 73.7. The number of amides is 2. The number of fused-ring (bicyclic) bond motifs is 3. The van der Waals surface area contributed by atoms with Crippen molar-refractivity contribution >= 4 is 51.5 Å². The van der Waals surface area contributed by atoms with Crippen molar-refractivity contribution < 1.29 is 61.7 Å². The topological polar surface area (TPSA) is 220 Å². The number of nitrogens with zero attached hydrogens (tertiary/aromatic N) is 6. The van der Waals surface area contributed by atoms with Crippen LogP contribution in [0.3, 0.4) is 0 Å². The van der Waals surface area contributed by atoms with Crippen LogP contribution in [-0.4, -0.2) is 110 Å². The van der Waals surface area contributed by atoms with Crippen LogP contribution in [-0.2, 0) is 89.0 Å². The van der Waals surface area contributed by atoms with Crippen LogP contribution in [0.4, 0.5) is 0 Å². The Kier molecular flexibility index (Phi) is 31.3. The molecular formula is C100H113N9O13S3. The van der Waals surface area contributed by atoms with Crippen molar-refractivity contribution in [3.8, 4) is 63.2 Å². The number of aromatic nitrogens is 3. The standard InChI is InChI=1S/C35H41N3O4S.C34H39N3O5S.C31H33N3O4S/c1-6-27-11-7-24(17-31(27)40-5)15-16-38(20-25-8-12-28(13-9-25)35(2,3)4)21-33-37-29(22-43-33)34(39)36-19-26-10-14-30-32(18-26)42-23-41-30;1-34(2,3)26-10-6-24(7-11-26)18-37(19-25-9-13-29-31(17-25)42-22-41-29)20-32-36-27(21-43-32)33(38)35-15-14-23-8-12-28(39-4)30(16-23)40-5;1-21(24-8-6-5-7-9-24)32-22(2)27-19-39-31(33-27)18-34(16-23-10-13-28-30(14-23)38-20-37-28)17-25-11-12-26(35-3)15-29(25)36-4/h7-14,17-18,22H,6,15-16,19-21,23H2,1-5H3,(H,36,39);6-13,16-17,21H,14-15,18-20,22H2,1-5H3,(H,35,38);5-15,19,21,32H,2,16-18,20H2,1,3-4H3. The predicted octanol–water partition coefficient (Wildman–Crippen LogP) is 19.7. The number of methoxy groups -OCH3 is 5. The monoisotopic (exact) mass is 1740 g/mol. The molecule has 0 bridgehead atoms. The van der Waals surface area contributed by atoms with Crippen molar-refractivity contribution in [3.05, 3.63) is 310 Å². The van der Waals surface area contributed by atoms with Crippen molar-refractivity contribution in [2.45, 2.75) is 150 Å². The second-order valence-corrected chi connectivity index (χ2v) is 35.7. The van der Waals surface area contributed by atoms with Crippen molar-refractivity contribution in [2.24, 2.45) is 0 Å². The molecule has 22 nitrogen and oxygen atoms in total. The Morgan fingerprint density at radius 1 is 0.424 bits per heavy atom.